The third-order valence-corrected chi connectivity index (χ3v) is 11.1. The van der Waals surface area contributed by atoms with Crippen LogP contribution in [0.25, 0.3) is 0 Å². The summed E-state index contributed by atoms with van der Waals surface area (Å²) in [6.45, 7) is 6.53. The Labute approximate surface area is 259 Å². The maximum atomic E-state index is 14.7. The summed E-state index contributed by atoms with van der Waals surface area (Å²) in [6, 6.07) is 8.53. The highest BCUT2D eigenvalue weighted by molar-refractivity contribution is 5.96. The molecule has 0 radical (unpaired) electrons. The molecule has 2 fully saturated rings. The molecule has 9 heteroatoms. The third-order valence-electron chi connectivity index (χ3n) is 11.1. The lowest BCUT2D eigenvalue weighted by Gasteiger charge is -2.48. The minimum atomic E-state index is -2.33. The highest BCUT2D eigenvalue weighted by Crippen LogP contribution is 2.75. The van der Waals surface area contributed by atoms with E-state index in [1.807, 2.05) is 6.92 Å². The fraction of sp³-hybridized carbons (Fsp3) is 0.629. The molecule has 0 aliphatic heterocycles. The zero-order chi connectivity index (χ0) is 32.1. The van der Waals surface area contributed by atoms with E-state index in [0.29, 0.717) is 17.6 Å². The smallest absolute Gasteiger partial charge is 0.338 e. The summed E-state index contributed by atoms with van der Waals surface area (Å²) in [7, 11) is 0. The van der Waals surface area contributed by atoms with E-state index in [9.17, 15) is 34.8 Å². The number of aliphatic hydroxyl groups excluding tert-OH is 3. The molecular formula is C35H46O9. The first-order valence-corrected chi connectivity index (χ1v) is 15.9. The molecule has 1 unspecified atom stereocenters. The number of ketones is 1. The average molecular weight is 611 g/mol. The van der Waals surface area contributed by atoms with Gasteiger partial charge in [-0.25, -0.2) is 4.79 Å². The van der Waals surface area contributed by atoms with Crippen molar-refractivity contribution in [3.8, 4) is 0 Å². The highest BCUT2D eigenvalue weighted by atomic mass is 16.6. The van der Waals surface area contributed by atoms with E-state index in [-0.39, 0.29) is 25.0 Å². The van der Waals surface area contributed by atoms with Crippen LogP contribution in [0.1, 0.15) is 83.0 Å². The van der Waals surface area contributed by atoms with Crippen LogP contribution in [0.2, 0.25) is 0 Å². The van der Waals surface area contributed by atoms with Crippen molar-refractivity contribution in [3.05, 3.63) is 59.2 Å². The van der Waals surface area contributed by atoms with Gasteiger partial charge in [-0.15, -0.1) is 0 Å². The van der Waals surface area contributed by atoms with Crippen molar-refractivity contribution in [2.75, 3.05) is 13.2 Å². The lowest BCUT2D eigenvalue weighted by molar-refractivity contribution is -0.192. The summed E-state index contributed by atoms with van der Waals surface area (Å²) in [5.41, 5.74) is -5.52. The first-order chi connectivity index (χ1) is 20.9. The molecule has 4 N–H and O–H groups in total. The van der Waals surface area contributed by atoms with Gasteiger partial charge >= 0.3 is 11.9 Å². The number of aliphatic hydroxyl groups is 4. The second-order valence-corrected chi connectivity index (χ2v) is 13.6. The molecule has 1 spiro atoms. The van der Waals surface area contributed by atoms with Crippen LogP contribution < -0.4 is 0 Å². The van der Waals surface area contributed by atoms with E-state index in [0.717, 1.165) is 25.7 Å². The number of ether oxygens (including phenoxy) is 2. The van der Waals surface area contributed by atoms with Gasteiger partial charge in [0.2, 0.25) is 0 Å². The number of hydrogen-bond acceptors (Lipinski definition) is 9. The molecule has 9 atom stereocenters. The SMILES string of the molecule is CCCCCCCC(=O)O[C@@]12C[C@@H](C)[C@]34C=C(C)[C@H](O)[C@@]3(O)[C@H](O)C(CO)=C[C@H](C4=O)[C@@H]1C2(C)COC(=O)c1ccccc1. The molecule has 44 heavy (non-hydrogen) atoms. The van der Waals surface area contributed by atoms with Crippen molar-refractivity contribution in [3.63, 3.8) is 0 Å². The van der Waals surface area contributed by atoms with Crippen molar-refractivity contribution in [2.24, 2.45) is 28.6 Å². The summed E-state index contributed by atoms with van der Waals surface area (Å²) in [4.78, 5) is 41.2. The van der Waals surface area contributed by atoms with Gasteiger partial charge in [0.05, 0.1) is 17.6 Å². The summed E-state index contributed by atoms with van der Waals surface area (Å²) < 4.78 is 12.2. The number of unbranched alkanes of at least 4 members (excludes halogenated alkanes) is 4. The predicted molar refractivity (Wildman–Crippen MR) is 161 cm³/mol. The quantitative estimate of drug-likeness (QED) is 0.167. The van der Waals surface area contributed by atoms with Crippen molar-refractivity contribution < 1.29 is 44.3 Å². The van der Waals surface area contributed by atoms with Crippen molar-refractivity contribution in [1.29, 1.82) is 0 Å². The molecule has 0 aromatic heterocycles. The summed E-state index contributed by atoms with van der Waals surface area (Å²) >= 11 is 0. The standard InChI is InChI=1S/C35H46O9/c1-5-6-7-8-12-15-26(37)44-34-18-22(3)33-17-21(2)28(38)35(33,42)29(39)24(19-36)16-25(30(33)40)27(34)32(34,4)20-43-31(41)23-13-10-9-11-14-23/h9-11,13-14,16-17,22,25,27-29,36,38-39,42H,5-8,12,15,18-20H2,1-4H3/t22-,25+,27-,28+,29-,32?,33+,34+,35-/m1/s1. The van der Waals surface area contributed by atoms with E-state index < -0.39 is 76.3 Å². The van der Waals surface area contributed by atoms with E-state index in [4.69, 9.17) is 9.47 Å². The van der Waals surface area contributed by atoms with Crippen molar-refractivity contribution >= 4 is 17.7 Å². The minimum Gasteiger partial charge on any atom is -0.461 e. The van der Waals surface area contributed by atoms with Gasteiger partial charge in [-0.05, 0) is 49.0 Å². The van der Waals surface area contributed by atoms with E-state index in [1.54, 1.807) is 50.3 Å². The van der Waals surface area contributed by atoms with Gasteiger partial charge in [0.15, 0.2) is 5.78 Å². The maximum absolute atomic E-state index is 14.7. The topological polar surface area (TPSA) is 151 Å². The summed E-state index contributed by atoms with van der Waals surface area (Å²) in [6.07, 6.45) is 4.85. The number of hydrogen-bond donors (Lipinski definition) is 4. The Kier molecular flexibility index (Phi) is 8.74. The molecule has 1 aromatic carbocycles. The lowest BCUT2D eigenvalue weighted by Crippen LogP contribution is -2.65. The normalized spacial score (nSPS) is 38.8. The monoisotopic (exact) mass is 610 g/mol. The largest absolute Gasteiger partial charge is 0.461 e. The molecule has 5 rings (SSSR count). The Morgan fingerprint density at radius 1 is 1.05 bits per heavy atom. The van der Waals surface area contributed by atoms with Crippen LogP contribution in [0.3, 0.4) is 0 Å². The maximum Gasteiger partial charge on any atom is 0.338 e. The molecule has 9 nitrogen and oxygen atoms in total. The fourth-order valence-electron chi connectivity index (χ4n) is 8.75. The molecule has 1 aromatic rings. The third kappa shape index (κ3) is 4.61. The van der Waals surface area contributed by atoms with Crippen molar-refractivity contribution in [2.45, 2.75) is 96.1 Å². The number of esters is 2. The summed E-state index contributed by atoms with van der Waals surface area (Å²) in [5, 5.41) is 45.1. The second-order valence-electron chi connectivity index (χ2n) is 13.6. The Morgan fingerprint density at radius 3 is 2.39 bits per heavy atom. The highest BCUT2D eigenvalue weighted by Gasteiger charge is 2.85. The van der Waals surface area contributed by atoms with E-state index in [2.05, 4.69) is 6.92 Å². The number of Topliss-reactive ketones (excluding diaryl/α,β-unsaturated/α-hetero) is 1. The molecule has 0 amide bonds. The Balaban J connectivity index is 1.55. The van der Waals surface area contributed by atoms with Crippen LogP contribution in [0.5, 0.6) is 0 Å². The molecule has 240 valence electrons. The summed E-state index contributed by atoms with van der Waals surface area (Å²) in [5.74, 6) is -3.75. The molecule has 0 saturated heterocycles. The van der Waals surface area contributed by atoms with E-state index in [1.165, 1.54) is 6.08 Å². The molecule has 0 heterocycles. The Bertz CT molecular complexity index is 1350. The van der Waals surface area contributed by atoms with E-state index >= 15 is 0 Å². The van der Waals surface area contributed by atoms with Crippen LogP contribution >= 0.6 is 0 Å². The van der Waals surface area contributed by atoms with Crippen LogP contribution in [0.15, 0.2) is 53.6 Å². The number of rotatable bonds is 11. The molecule has 2 bridgehead atoms. The van der Waals surface area contributed by atoms with Gasteiger partial charge in [-0.2, -0.15) is 0 Å². The molecular weight excluding hydrogens is 564 g/mol. The van der Waals surface area contributed by atoms with Gasteiger partial charge in [0.1, 0.15) is 30.0 Å². The van der Waals surface area contributed by atoms with Crippen LogP contribution in [0, 0.1) is 28.6 Å². The zero-order valence-corrected chi connectivity index (χ0v) is 26.1. The second kappa shape index (κ2) is 11.8. The van der Waals surface area contributed by atoms with Crippen LogP contribution in [0.4, 0.5) is 0 Å². The fourth-order valence-corrected chi connectivity index (χ4v) is 8.75. The number of carbonyl (C=O) groups excluding carboxylic acids is 3. The molecule has 4 aliphatic carbocycles. The van der Waals surface area contributed by atoms with Gasteiger partial charge in [0.25, 0.3) is 0 Å². The predicted octanol–water partition coefficient (Wildman–Crippen LogP) is 3.68. The number of allylic oxidation sites excluding steroid dienone is 1. The lowest BCUT2D eigenvalue weighted by atomic mass is 9.59. The zero-order valence-electron chi connectivity index (χ0n) is 26.1. The molecule has 4 aliphatic rings. The molecule has 2 saturated carbocycles. The minimum absolute atomic E-state index is 0.00987. The Hall–Kier alpha value is -2.85. The first-order valence-electron chi connectivity index (χ1n) is 15.9. The van der Waals surface area contributed by atoms with Gasteiger partial charge < -0.3 is 29.9 Å². The average Bonchev–Trinajstić information content (AvgIpc) is 3.46. The number of fused-ring (bicyclic) bond motifs is 3. The van der Waals surface area contributed by atoms with Crippen molar-refractivity contribution in [1.82, 2.24) is 0 Å². The van der Waals surface area contributed by atoms with Gasteiger partial charge in [-0.1, -0.05) is 76.8 Å². The number of carbonyl (C=O) groups is 3. The van der Waals surface area contributed by atoms with Gasteiger partial charge in [0, 0.05) is 23.7 Å². The Morgan fingerprint density at radius 2 is 1.73 bits per heavy atom. The van der Waals surface area contributed by atoms with Crippen LogP contribution in [-0.2, 0) is 19.1 Å². The number of benzene rings is 1. The first kappa shape index (κ1) is 32.5. The van der Waals surface area contributed by atoms with Gasteiger partial charge in [-0.3, -0.25) is 9.59 Å². The van der Waals surface area contributed by atoms with Crippen LogP contribution in [-0.4, -0.2) is 74.8 Å².